The predicted octanol–water partition coefficient (Wildman–Crippen LogP) is 3.82. The van der Waals surface area contributed by atoms with Crippen molar-refractivity contribution in [2.45, 2.75) is 26.1 Å². The highest BCUT2D eigenvalue weighted by Crippen LogP contribution is 2.17. The van der Waals surface area contributed by atoms with Crippen LogP contribution in [0.5, 0.6) is 0 Å². The number of anilines is 1. The standard InChI is InChI=1S/C19H25N3.2ClH/c1-16-13-21(14-17-6-3-2-4-7-17)10-11-22(16)15-18-8-5-9-19(20)12-18;;/h2-9,12,16H,10-11,13-15,20H2,1H3;2*1H. The van der Waals surface area contributed by atoms with Crippen LogP contribution in [0, 0.1) is 0 Å². The van der Waals surface area contributed by atoms with Crippen molar-refractivity contribution in [3.63, 3.8) is 0 Å². The van der Waals surface area contributed by atoms with Crippen LogP contribution in [0.2, 0.25) is 0 Å². The fourth-order valence-corrected chi connectivity index (χ4v) is 3.22. The average Bonchev–Trinajstić information content (AvgIpc) is 2.51. The molecule has 1 heterocycles. The van der Waals surface area contributed by atoms with Crippen LogP contribution in [0.15, 0.2) is 54.6 Å². The maximum absolute atomic E-state index is 5.88. The molecule has 0 radical (unpaired) electrons. The van der Waals surface area contributed by atoms with Crippen molar-refractivity contribution in [2.75, 3.05) is 25.4 Å². The Morgan fingerprint density at radius 2 is 1.62 bits per heavy atom. The van der Waals surface area contributed by atoms with Crippen molar-refractivity contribution >= 4 is 30.5 Å². The molecule has 0 bridgehead atoms. The molecule has 0 spiro atoms. The van der Waals surface area contributed by atoms with Gasteiger partial charge in [-0.25, -0.2) is 0 Å². The third kappa shape index (κ3) is 5.67. The molecule has 3 rings (SSSR count). The third-order valence-electron chi connectivity index (χ3n) is 4.43. The van der Waals surface area contributed by atoms with Crippen LogP contribution >= 0.6 is 24.8 Å². The van der Waals surface area contributed by atoms with Crippen LogP contribution in [0.3, 0.4) is 0 Å². The molecule has 1 aliphatic heterocycles. The highest BCUT2D eigenvalue weighted by Gasteiger charge is 2.23. The molecule has 24 heavy (non-hydrogen) atoms. The van der Waals surface area contributed by atoms with Gasteiger partial charge >= 0.3 is 0 Å². The molecular formula is C19H27Cl2N3. The number of hydrogen-bond acceptors (Lipinski definition) is 3. The lowest BCUT2D eigenvalue weighted by Crippen LogP contribution is -2.50. The Kier molecular flexibility index (Phi) is 8.57. The molecule has 1 saturated heterocycles. The van der Waals surface area contributed by atoms with E-state index in [4.69, 9.17) is 5.73 Å². The molecule has 2 aromatic carbocycles. The SMILES string of the molecule is CC1CN(Cc2ccccc2)CCN1Cc1cccc(N)c1.Cl.Cl. The van der Waals surface area contributed by atoms with Gasteiger partial charge < -0.3 is 5.73 Å². The molecule has 1 fully saturated rings. The van der Waals surface area contributed by atoms with Crippen molar-refractivity contribution < 1.29 is 0 Å². The van der Waals surface area contributed by atoms with Gasteiger partial charge in [0.1, 0.15) is 0 Å². The summed E-state index contributed by atoms with van der Waals surface area (Å²) in [6, 6.07) is 19.6. The fourth-order valence-electron chi connectivity index (χ4n) is 3.22. The summed E-state index contributed by atoms with van der Waals surface area (Å²) >= 11 is 0. The molecule has 0 amide bonds. The van der Waals surface area contributed by atoms with Gasteiger partial charge in [-0.3, -0.25) is 9.80 Å². The first-order valence-corrected chi connectivity index (χ1v) is 8.05. The Morgan fingerprint density at radius 1 is 0.917 bits per heavy atom. The van der Waals surface area contributed by atoms with Gasteiger partial charge in [0.2, 0.25) is 0 Å². The van der Waals surface area contributed by atoms with E-state index in [-0.39, 0.29) is 24.8 Å². The average molecular weight is 368 g/mol. The van der Waals surface area contributed by atoms with Crippen LogP contribution in [0.25, 0.3) is 0 Å². The lowest BCUT2D eigenvalue weighted by molar-refractivity contribution is 0.0733. The van der Waals surface area contributed by atoms with E-state index in [9.17, 15) is 0 Å². The topological polar surface area (TPSA) is 32.5 Å². The minimum atomic E-state index is 0. The summed E-state index contributed by atoms with van der Waals surface area (Å²) in [5.74, 6) is 0. The molecular weight excluding hydrogens is 341 g/mol. The van der Waals surface area contributed by atoms with E-state index in [1.54, 1.807) is 0 Å². The van der Waals surface area contributed by atoms with E-state index >= 15 is 0 Å². The van der Waals surface area contributed by atoms with Gasteiger partial charge in [-0.2, -0.15) is 0 Å². The van der Waals surface area contributed by atoms with E-state index in [0.717, 1.165) is 38.4 Å². The monoisotopic (exact) mass is 367 g/mol. The number of nitrogens with zero attached hydrogens (tertiary/aromatic N) is 2. The van der Waals surface area contributed by atoms with Gasteiger partial charge in [-0.1, -0.05) is 42.5 Å². The zero-order valence-electron chi connectivity index (χ0n) is 14.1. The lowest BCUT2D eigenvalue weighted by atomic mass is 10.1. The van der Waals surface area contributed by atoms with E-state index in [1.165, 1.54) is 11.1 Å². The second-order valence-electron chi connectivity index (χ2n) is 6.29. The first-order valence-electron chi connectivity index (χ1n) is 8.05. The van der Waals surface area contributed by atoms with Crippen molar-refractivity contribution in [1.29, 1.82) is 0 Å². The maximum Gasteiger partial charge on any atom is 0.0317 e. The van der Waals surface area contributed by atoms with Crippen LogP contribution in [-0.4, -0.2) is 35.5 Å². The van der Waals surface area contributed by atoms with Gasteiger partial charge in [0.05, 0.1) is 0 Å². The van der Waals surface area contributed by atoms with Gasteiger partial charge in [-0.05, 0) is 30.2 Å². The number of hydrogen-bond donors (Lipinski definition) is 1. The van der Waals surface area contributed by atoms with Gasteiger partial charge in [0, 0.05) is 44.5 Å². The van der Waals surface area contributed by atoms with Crippen LogP contribution < -0.4 is 5.73 Å². The molecule has 132 valence electrons. The Labute approximate surface area is 157 Å². The minimum Gasteiger partial charge on any atom is -0.399 e. The summed E-state index contributed by atoms with van der Waals surface area (Å²) in [6.45, 7) is 7.73. The Balaban J connectivity index is 0.00000144. The Morgan fingerprint density at radius 3 is 2.29 bits per heavy atom. The van der Waals surface area contributed by atoms with E-state index in [1.807, 2.05) is 12.1 Å². The molecule has 0 aromatic heterocycles. The van der Waals surface area contributed by atoms with Crippen LogP contribution in [0.4, 0.5) is 5.69 Å². The number of piperazine rings is 1. The molecule has 0 aliphatic carbocycles. The predicted molar refractivity (Wildman–Crippen MR) is 107 cm³/mol. The van der Waals surface area contributed by atoms with Crippen molar-refractivity contribution in [3.8, 4) is 0 Å². The number of nitrogen functional groups attached to an aromatic ring is 1. The molecule has 2 aromatic rings. The summed E-state index contributed by atoms with van der Waals surface area (Å²) in [5, 5.41) is 0. The zero-order chi connectivity index (χ0) is 15.4. The highest BCUT2D eigenvalue weighted by molar-refractivity contribution is 5.85. The first kappa shape index (κ1) is 20.8. The molecule has 3 nitrogen and oxygen atoms in total. The van der Waals surface area contributed by atoms with Crippen molar-refractivity contribution in [2.24, 2.45) is 0 Å². The van der Waals surface area contributed by atoms with E-state index in [2.05, 4.69) is 59.2 Å². The summed E-state index contributed by atoms with van der Waals surface area (Å²) < 4.78 is 0. The highest BCUT2D eigenvalue weighted by atomic mass is 35.5. The van der Waals surface area contributed by atoms with Crippen molar-refractivity contribution in [1.82, 2.24) is 9.80 Å². The second kappa shape index (κ2) is 9.90. The summed E-state index contributed by atoms with van der Waals surface area (Å²) in [4.78, 5) is 5.10. The normalized spacial score (nSPS) is 18.5. The van der Waals surface area contributed by atoms with E-state index in [0.29, 0.717) is 6.04 Å². The summed E-state index contributed by atoms with van der Waals surface area (Å²) in [6.07, 6.45) is 0. The van der Waals surface area contributed by atoms with Gasteiger partial charge in [0.25, 0.3) is 0 Å². The van der Waals surface area contributed by atoms with Crippen molar-refractivity contribution in [3.05, 3.63) is 65.7 Å². The molecule has 5 heteroatoms. The quantitative estimate of drug-likeness (QED) is 0.833. The second-order valence-corrected chi connectivity index (χ2v) is 6.29. The van der Waals surface area contributed by atoms with E-state index < -0.39 is 0 Å². The number of benzene rings is 2. The summed E-state index contributed by atoms with van der Waals surface area (Å²) in [7, 11) is 0. The first-order chi connectivity index (χ1) is 10.7. The fraction of sp³-hybridized carbons (Fsp3) is 0.368. The number of rotatable bonds is 4. The lowest BCUT2D eigenvalue weighted by Gasteiger charge is -2.40. The molecule has 1 aliphatic rings. The number of halogens is 2. The molecule has 1 unspecified atom stereocenters. The maximum atomic E-state index is 5.88. The largest absolute Gasteiger partial charge is 0.399 e. The van der Waals surface area contributed by atoms with Gasteiger partial charge in [-0.15, -0.1) is 24.8 Å². The third-order valence-corrected chi connectivity index (χ3v) is 4.43. The summed E-state index contributed by atoms with van der Waals surface area (Å²) in [5.41, 5.74) is 9.44. The molecule has 1 atom stereocenters. The minimum absolute atomic E-state index is 0. The number of nitrogens with two attached hydrogens (primary N) is 1. The Hall–Kier alpha value is -1.26. The molecule has 0 saturated carbocycles. The zero-order valence-corrected chi connectivity index (χ0v) is 15.7. The smallest absolute Gasteiger partial charge is 0.0317 e. The Bertz CT molecular complexity index is 607. The van der Waals surface area contributed by atoms with Crippen LogP contribution in [-0.2, 0) is 13.1 Å². The van der Waals surface area contributed by atoms with Crippen LogP contribution in [0.1, 0.15) is 18.1 Å². The van der Waals surface area contributed by atoms with Gasteiger partial charge in [0.15, 0.2) is 0 Å². The molecule has 2 N–H and O–H groups in total.